The van der Waals surface area contributed by atoms with Crippen LogP contribution in [0.1, 0.15) is 26.3 Å². The number of nitrogens with zero attached hydrogens (tertiary/aromatic N) is 5. The van der Waals surface area contributed by atoms with E-state index in [4.69, 9.17) is 4.74 Å². The van der Waals surface area contributed by atoms with Crippen LogP contribution in [-0.2, 0) is 17.8 Å². The van der Waals surface area contributed by atoms with E-state index in [1.807, 2.05) is 66.5 Å². The van der Waals surface area contributed by atoms with Crippen molar-refractivity contribution in [3.05, 3.63) is 78.6 Å². The van der Waals surface area contributed by atoms with Crippen molar-refractivity contribution in [2.45, 2.75) is 39.4 Å². The molecule has 0 spiro atoms. The Morgan fingerprint density at radius 3 is 2.78 bits per heavy atom. The van der Waals surface area contributed by atoms with Crippen molar-refractivity contribution < 1.29 is 13.9 Å². The molecule has 1 amide bonds. The first-order valence-electron chi connectivity index (χ1n) is 12.0. The Bertz CT molecular complexity index is 1570. The number of nitrogens with one attached hydrogen (secondary N) is 2. The van der Waals surface area contributed by atoms with Crippen molar-refractivity contribution in [3.63, 3.8) is 0 Å². The van der Waals surface area contributed by atoms with Gasteiger partial charge in [-0.25, -0.2) is 19.2 Å². The smallest absolute Gasteiger partial charge is 0.407 e. The van der Waals surface area contributed by atoms with Crippen LogP contribution in [0, 0.1) is 5.82 Å². The van der Waals surface area contributed by atoms with Gasteiger partial charge in [0, 0.05) is 22.8 Å². The van der Waals surface area contributed by atoms with Crippen LogP contribution >= 0.6 is 0 Å². The molecule has 0 unspecified atom stereocenters. The van der Waals surface area contributed by atoms with Crippen LogP contribution in [0.5, 0.6) is 0 Å². The third kappa shape index (κ3) is 5.69. The number of rotatable bonds is 7. The van der Waals surface area contributed by atoms with Gasteiger partial charge in [-0.1, -0.05) is 12.1 Å². The molecular weight excluding hydrogens is 473 g/mol. The normalized spacial score (nSPS) is 11.7. The molecule has 0 radical (unpaired) electrons. The van der Waals surface area contributed by atoms with Crippen molar-refractivity contribution >= 4 is 39.5 Å². The van der Waals surface area contributed by atoms with Crippen LogP contribution in [0.15, 0.2) is 67.3 Å². The Kier molecular flexibility index (Phi) is 6.47. The fourth-order valence-corrected chi connectivity index (χ4v) is 4.13. The molecule has 3 aromatic heterocycles. The van der Waals surface area contributed by atoms with Crippen LogP contribution in [0.3, 0.4) is 0 Å². The first-order valence-corrected chi connectivity index (χ1v) is 12.0. The van der Waals surface area contributed by atoms with Gasteiger partial charge in [-0.05, 0) is 62.7 Å². The van der Waals surface area contributed by atoms with Gasteiger partial charge in [0.15, 0.2) is 5.82 Å². The van der Waals surface area contributed by atoms with Crippen molar-refractivity contribution in [1.29, 1.82) is 0 Å². The topological polar surface area (TPSA) is 98.9 Å². The first-order chi connectivity index (χ1) is 17.7. The molecule has 0 fully saturated rings. The lowest BCUT2D eigenvalue weighted by Gasteiger charge is -2.20. The number of amides is 1. The van der Waals surface area contributed by atoms with Gasteiger partial charge in [-0.15, -0.1) is 0 Å². The van der Waals surface area contributed by atoms with Crippen LogP contribution in [0.25, 0.3) is 21.9 Å². The van der Waals surface area contributed by atoms with E-state index in [0.29, 0.717) is 18.9 Å². The van der Waals surface area contributed by atoms with Crippen LogP contribution in [0.4, 0.5) is 20.7 Å². The van der Waals surface area contributed by atoms with Crippen LogP contribution < -0.4 is 10.6 Å². The highest BCUT2D eigenvalue weighted by atomic mass is 19.1. The molecule has 0 saturated heterocycles. The van der Waals surface area contributed by atoms with E-state index in [2.05, 4.69) is 25.7 Å². The fraction of sp³-hybridized carbons (Fsp3) is 0.259. The number of carbonyl (C=O) groups is 1. The maximum atomic E-state index is 13.6. The van der Waals surface area contributed by atoms with E-state index >= 15 is 0 Å². The highest BCUT2D eigenvalue weighted by Crippen LogP contribution is 2.26. The van der Waals surface area contributed by atoms with Crippen molar-refractivity contribution in [2.75, 3.05) is 11.9 Å². The lowest BCUT2D eigenvalue weighted by atomic mass is 10.1. The Balaban J connectivity index is 1.32. The van der Waals surface area contributed by atoms with Gasteiger partial charge >= 0.3 is 6.09 Å². The van der Waals surface area contributed by atoms with E-state index in [-0.39, 0.29) is 18.0 Å². The number of anilines is 2. The summed E-state index contributed by atoms with van der Waals surface area (Å²) in [6.07, 6.45) is 4.75. The number of alkyl carbamates (subject to hydrolysis) is 1. The van der Waals surface area contributed by atoms with Gasteiger partial charge in [-0.2, -0.15) is 5.10 Å². The fourth-order valence-electron chi connectivity index (χ4n) is 4.13. The number of hydrogen-bond donors (Lipinski definition) is 2. The Morgan fingerprint density at radius 2 is 1.97 bits per heavy atom. The van der Waals surface area contributed by atoms with Gasteiger partial charge < -0.3 is 19.9 Å². The van der Waals surface area contributed by atoms with Crippen LogP contribution in [0.2, 0.25) is 0 Å². The lowest BCUT2D eigenvalue weighted by Crippen LogP contribution is -2.41. The molecule has 37 heavy (non-hydrogen) atoms. The van der Waals surface area contributed by atoms with E-state index < -0.39 is 6.09 Å². The third-order valence-corrected chi connectivity index (χ3v) is 5.72. The molecule has 0 aliphatic carbocycles. The van der Waals surface area contributed by atoms with Crippen molar-refractivity contribution in [1.82, 2.24) is 29.6 Å². The summed E-state index contributed by atoms with van der Waals surface area (Å²) in [4.78, 5) is 20.8. The summed E-state index contributed by atoms with van der Waals surface area (Å²) in [5, 5.41) is 11.6. The molecule has 0 atom stereocenters. The Labute approximate surface area is 213 Å². The molecule has 2 N–H and O–H groups in total. The molecule has 9 nitrogen and oxygen atoms in total. The second-order valence-electron chi connectivity index (χ2n) is 9.81. The van der Waals surface area contributed by atoms with Gasteiger partial charge in [0.05, 0.1) is 30.3 Å². The summed E-state index contributed by atoms with van der Waals surface area (Å²) < 4.78 is 22.7. The van der Waals surface area contributed by atoms with Crippen molar-refractivity contribution in [2.24, 2.45) is 0 Å². The van der Waals surface area contributed by atoms with Gasteiger partial charge in [0.25, 0.3) is 0 Å². The highest BCUT2D eigenvalue weighted by Gasteiger charge is 2.15. The second-order valence-corrected chi connectivity index (χ2v) is 9.81. The third-order valence-electron chi connectivity index (χ3n) is 5.72. The van der Waals surface area contributed by atoms with Gasteiger partial charge in [-0.3, -0.25) is 4.68 Å². The summed E-state index contributed by atoms with van der Waals surface area (Å²) in [6.45, 7) is 6.83. The summed E-state index contributed by atoms with van der Waals surface area (Å²) in [5.74, 6) is 0.377. The number of carbonyl (C=O) groups excluding carboxylic acids is 1. The van der Waals surface area contributed by atoms with Crippen molar-refractivity contribution in [3.8, 4) is 0 Å². The van der Waals surface area contributed by atoms with Gasteiger partial charge in [0.2, 0.25) is 0 Å². The van der Waals surface area contributed by atoms with Crippen LogP contribution in [-0.4, -0.2) is 42.6 Å². The summed E-state index contributed by atoms with van der Waals surface area (Å²) in [5.41, 5.74) is 3.85. The zero-order valence-corrected chi connectivity index (χ0v) is 20.9. The minimum atomic E-state index is -0.454. The quantitative estimate of drug-likeness (QED) is 0.317. The predicted octanol–water partition coefficient (Wildman–Crippen LogP) is 5.24. The summed E-state index contributed by atoms with van der Waals surface area (Å²) in [7, 11) is 0. The highest BCUT2D eigenvalue weighted by molar-refractivity contribution is 5.90. The molecule has 0 aliphatic rings. The average Bonchev–Trinajstić information content (AvgIpc) is 3.43. The standard InChI is InChI=1S/C27H28FN7O2/c1-27(2,3)33-26(36)37-12-11-34-10-9-22-24(34)25(30-17-29-22)32-21-7-8-23-19(14-21)15-31-35(23)16-18-5-4-6-20(28)13-18/h4-10,13-15,17H,11-12,16H2,1-3H3,(H,33,36)(H,29,30,32). The SMILES string of the molecule is CC(C)(C)NC(=O)OCCn1ccc2ncnc(Nc3ccc4c(cnn4Cc4cccc(F)c4)c3)c21. The molecule has 2 aromatic carbocycles. The maximum absolute atomic E-state index is 13.6. The molecule has 0 bridgehead atoms. The van der Waals surface area contributed by atoms with Gasteiger partial charge in [0.1, 0.15) is 24.3 Å². The molecule has 3 heterocycles. The molecular formula is C27H28FN7O2. The molecule has 5 rings (SSSR count). The number of hydrogen-bond acceptors (Lipinski definition) is 6. The average molecular weight is 502 g/mol. The molecule has 5 aromatic rings. The zero-order chi connectivity index (χ0) is 26.0. The largest absolute Gasteiger partial charge is 0.448 e. The summed E-state index contributed by atoms with van der Waals surface area (Å²) >= 11 is 0. The monoisotopic (exact) mass is 501 g/mol. The minimum Gasteiger partial charge on any atom is -0.448 e. The van der Waals surface area contributed by atoms with E-state index in [1.54, 1.807) is 12.3 Å². The summed E-state index contributed by atoms with van der Waals surface area (Å²) in [6, 6.07) is 14.3. The molecule has 0 saturated carbocycles. The second kappa shape index (κ2) is 9.88. The molecule has 10 heteroatoms. The van der Waals surface area contributed by atoms with E-state index in [0.717, 1.165) is 33.2 Å². The molecule has 0 aliphatic heterocycles. The number of fused-ring (bicyclic) bond motifs is 2. The maximum Gasteiger partial charge on any atom is 0.407 e. The predicted molar refractivity (Wildman–Crippen MR) is 140 cm³/mol. The Morgan fingerprint density at radius 1 is 1.11 bits per heavy atom. The number of aromatic nitrogens is 5. The molecule has 190 valence electrons. The van der Waals surface area contributed by atoms with E-state index in [1.165, 1.54) is 18.5 Å². The minimum absolute atomic E-state index is 0.205. The van der Waals surface area contributed by atoms with E-state index in [9.17, 15) is 9.18 Å². The number of ether oxygens (including phenoxy) is 1. The number of benzene rings is 2. The first kappa shape index (κ1) is 24.2. The Hall–Kier alpha value is -4.47. The lowest BCUT2D eigenvalue weighted by molar-refractivity contribution is 0.134. The zero-order valence-electron chi connectivity index (χ0n) is 20.9. The number of halogens is 1.